The number of ether oxygens (including phenoxy) is 1. The predicted octanol–water partition coefficient (Wildman–Crippen LogP) is 5.69. The van der Waals surface area contributed by atoms with Gasteiger partial charge in [0.2, 0.25) is 18.2 Å². The van der Waals surface area contributed by atoms with Gasteiger partial charge in [0.1, 0.15) is 23.7 Å². The van der Waals surface area contributed by atoms with Crippen LogP contribution in [0.15, 0.2) is 60.9 Å². The molecule has 4 aromatic rings. The Morgan fingerprint density at radius 3 is 2.04 bits per heavy atom. The summed E-state index contributed by atoms with van der Waals surface area (Å²) in [5.74, 6) is 1.00. The van der Waals surface area contributed by atoms with Crippen molar-refractivity contribution in [1.82, 2.24) is 40.4 Å². The lowest BCUT2D eigenvalue weighted by Crippen LogP contribution is -2.51. The number of imidazole rings is 2. The van der Waals surface area contributed by atoms with Gasteiger partial charge < -0.3 is 35.1 Å². The van der Waals surface area contributed by atoms with Crippen LogP contribution in [0.3, 0.4) is 0 Å². The summed E-state index contributed by atoms with van der Waals surface area (Å²) in [6.45, 7) is 11.1. The van der Waals surface area contributed by atoms with Gasteiger partial charge in [-0.3, -0.25) is 14.4 Å². The Kier molecular flexibility index (Phi) is 12.5. The number of amides is 4. The zero-order valence-electron chi connectivity index (χ0n) is 30.8. The fourth-order valence-electron chi connectivity index (χ4n) is 6.66. The van der Waals surface area contributed by atoms with E-state index in [0.29, 0.717) is 25.3 Å². The average Bonchev–Trinajstić information content (AvgIpc) is 3.94. The molecule has 4 N–H and O–H groups in total. The number of likely N-dealkylation sites (tertiary alicyclic amines) is 1. The molecule has 0 saturated carbocycles. The van der Waals surface area contributed by atoms with Crippen molar-refractivity contribution in [3.8, 4) is 33.6 Å². The molecular weight excluding hydrogens is 660 g/mol. The van der Waals surface area contributed by atoms with Crippen molar-refractivity contribution in [3.05, 3.63) is 72.6 Å². The summed E-state index contributed by atoms with van der Waals surface area (Å²) in [5.41, 5.74) is 5.78. The highest BCUT2D eigenvalue weighted by molar-refractivity contribution is 5.86. The molecule has 0 aliphatic carbocycles. The van der Waals surface area contributed by atoms with Gasteiger partial charge in [0.25, 0.3) is 0 Å². The van der Waals surface area contributed by atoms with Crippen LogP contribution in [-0.2, 0) is 25.7 Å². The van der Waals surface area contributed by atoms with E-state index in [0.717, 1.165) is 58.7 Å². The van der Waals surface area contributed by atoms with Crippen molar-refractivity contribution in [2.24, 2.45) is 11.8 Å². The van der Waals surface area contributed by atoms with Crippen LogP contribution in [0.2, 0.25) is 0 Å². The van der Waals surface area contributed by atoms with E-state index in [1.807, 2.05) is 57.8 Å². The number of nitrogens with zero attached hydrogens (tertiary/aromatic N) is 4. The summed E-state index contributed by atoms with van der Waals surface area (Å²) in [5, 5.41) is 5.35. The molecule has 3 heterocycles. The number of benzene rings is 2. The van der Waals surface area contributed by atoms with E-state index in [4.69, 9.17) is 4.74 Å². The Bertz CT molecular complexity index is 1810. The first-order valence-corrected chi connectivity index (χ1v) is 18.0. The Morgan fingerprint density at radius 2 is 1.48 bits per heavy atom. The van der Waals surface area contributed by atoms with Crippen molar-refractivity contribution in [2.75, 3.05) is 20.2 Å². The van der Waals surface area contributed by atoms with Crippen LogP contribution in [0.4, 0.5) is 4.79 Å². The first-order chi connectivity index (χ1) is 25.0. The molecule has 3 unspecified atom stereocenters. The van der Waals surface area contributed by atoms with E-state index >= 15 is 0 Å². The summed E-state index contributed by atoms with van der Waals surface area (Å²) in [4.78, 5) is 69.3. The van der Waals surface area contributed by atoms with Gasteiger partial charge in [-0.15, -0.1) is 0 Å². The fourth-order valence-corrected chi connectivity index (χ4v) is 6.66. The lowest BCUT2D eigenvalue weighted by Gasteiger charge is -2.29. The zero-order valence-corrected chi connectivity index (χ0v) is 30.8. The summed E-state index contributed by atoms with van der Waals surface area (Å²) >= 11 is 0. The van der Waals surface area contributed by atoms with Crippen molar-refractivity contribution >= 4 is 24.3 Å². The van der Waals surface area contributed by atoms with E-state index in [2.05, 4.69) is 67.0 Å². The number of aromatic amines is 2. The summed E-state index contributed by atoms with van der Waals surface area (Å²) in [6.07, 6.45) is 5.98. The maximum Gasteiger partial charge on any atom is 0.407 e. The third-order valence-electron chi connectivity index (χ3n) is 9.52. The minimum absolute atomic E-state index is 0.0209. The molecule has 3 atom stereocenters. The number of alkyl carbamates (subject to hydrolysis) is 1. The number of carbonyl (C=O) groups is 4. The minimum atomic E-state index is -0.705. The molecule has 2 aromatic carbocycles. The van der Waals surface area contributed by atoms with Gasteiger partial charge in [0.05, 0.1) is 43.5 Å². The first-order valence-electron chi connectivity index (χ1n) is 18.0. The van der Waals surface area contributed by atoms with Gasteiger partial charge in [0, 0.05) is 13.1 Å². The second kappa shape index (κ2) is 17.2. The number of H-pyrrole nitrogens is 2. The average molecular weight is 711 g/mol. The van der Waals surface area contributed by atoms with Crippen LogP contribution in [0.1, 0.15) is 71.6 Å². The SMILES string of the molecule is CCCN(Cc1ncc(-c2ccc(-c3ccc(-c4cnc(C5CCCN5C(=O)C(NC=O)C(C)C)[nH]4)cc3)cc2)[nH]1)C(=O)C(NC(=O)OC)C(C)C. The molecule has 5 rings (SSSR count). The third-order valence-corrected chi connectivity index (χ3v) is 9.52. The molecule has 0 radical (unpaired) electrons. The second-order valence-corrected chi connectivity index (χ2v) is 13.9. The topological polar surface area (TPSA) is 165 Å². The normalized spacial score (nSPS) is 15.4. The Balaban J connectivity index is 1.23. The van der Waals surface area contributed by atoms with Crippen LogP contribution in [0, 0.1) is 11.8 Å². The van der Waals surface area contributed by atoms with Crippen LogP contribution in [0.5, 0.6) is 0 Å². The van der Waals surface area contributed by atoms with E-state index in [1.54, 1.807) is 11.1 Å². The highest BCUT2D eigenvalue weighted by atomic mass is 16.5. The molecule has 276 valence electrons. The van der Waals surface area contributed by atoms with E-state index < -0.39 is 18.2 Å². The molecule has 4 amide bonds. The molecule has 1 aliphatic rings. The molecule has 1 fully saturated rings. The van der Waals surface area contributed by atoms with Crippen molar-refractivity contribution < 1.29 is 23.9 Å². The zero-order chi connectivity index (χ0) is 37.4. The smallest absolute Gasteiger partial charge is 0.407 e. The minimum Gasteiger partial charge on any atom is -0.453 e. The van der Waals surface area contributed by atoms with Crippen molar-refractivity contribution in [3.63, 3.8) is 0 Å². The monoisotopic (exact) mass is 710 g/mol. The Labute approximate surface area is 304 Å². The third kappa shape index (κ3) is 8.70. The molecule has 52 heavy (non-hydrogen) atoms. The largest absolute Gasteiger partial charge is 0.453 e. The number of carbonyl (C=O) groups excluding carboxylic acids is 4. The van der Waals surface area contributed by atoms with Crippen LogP contribution in [0.25, 0.3) is 33.6 Å². The molecule has 1 aliphatic heterocycles. The molecule has 13 nitrogen and oxygen atoms in total. The standard InChI is InChI=1S/C39H50N8O5/c1-7-18-46(37(49)35(25(4)5)45-39(51)52-6)22-33-40-20-30(43-33)28-14-10-26(11-15-28)27-12-16-29(17-13-27)31-21-41-36(44-31)32-9-8-19-47(32)38(50)34(24(2)3)42-23-48/h10-17,20-21,23-25,32,34-35H,7-9,18-19,22H2,1-6H3,(H,40,43)(H,41,44)(H,42,48)(H,45,51). The van der Waals surface area contributed by atoms with Gasteiger partial charge in [-0.25, -0.2) is 14.8 Å². The maximum atomic E-state index is 13.4. The molecule has 0 spiro atoms. The van der Waals surface area contributed by atoms with Crippen LogP contribution in [-0.4, -0.2) is 86.3 Å². The number of nitrogens with one attached hydrogen (secondary N) is 4. The highest BCUT2D eigenvalue weighted by Gasteiger charge is 2.36. The molecule has 1 saturated heterocycles. The Hall–Kier alpha value is -5.46. The van der Waals surface area contributed by atoms with Crippen LogP contribution >= 0.6 is 0 Å². The predicted molar refractivity (Wildman–Crippen MR) is 198 cm³/mol. The van der Waals surface area contributed by atoms with E-state index in [-0.39, 0.29) is 36.2 Å². The fraction of sp³-hybridized carbons (Fsp3) is 0.436. The van der Waals surface area contributed by atoms with Gasteiger partial charge in [-0.2, -0.15) is 0 Å². The van der Waals surface area contributed by atoms with Gasteiger partial charge >= 0.3 is 6.09 Å². The number of aromatic nitrogens is 4. The number of methoxy groups -OCH3 is 1. The second-order valence-electron chi connectivity index (χ2n) is 13.9. The summed E-state index contributed by atoms with van der Waals surface area (Å²) < 4.78 is 4.73. The summed E-state index contributed by atoms with van der Waals surface area (Å²) in [7, 11) is 1.28. The quantitative estimate of drug-likeness (QED) is 0.115. The molecular formula is C39H50N8O5. The lowest BCUT2D eigenvalue weighted by atomic mass is 10.0. The number of hydrogen-bond donors (Lipinski definition) is 4. The number of rotatable bonds is 15. The van der Waals surface area contributed by atoms with Crippen LogP contribution < -0.4 is 10.6 Å². The molecule has 2 aromatic heterocycles. The molecule has 13 heteroatoms. The van der Waals surface area contributed by atoms with E-state index in [9.17, 15) is 19.2 Å². The first kappa shape index (κ1) is 37.8. The lowest BCUT2D eigenvalue weighted by molar-refractivity contribution is -0.137. The Morgan fingerprint density at radius 1 is 0.904 bits per heavy atom. The number of hydrogen-bond acceptors (Lipinski definition) is 7. The van der Waals surface area contributed by atoms with E-state index in [1.165, 1.54) is 7.11 Å². The summed E-state index contributed by atoms with van der Waals surface area (Å²) in [6, 6.07) is 15.0. The highest BCUT2D eigenvalue weighted by Crippen LogP contribution is 2.33. The van der Waals surface area contributed by atoms with Gasteiger partial charge in [0.15, 0.2) is 0 Å². The molecule has 0 bridgehead atoms. The van der Waals surface area contributed by atoms with Crippen molar-refractivity contribution in [2.45, 2.75) is 78.6 Å². The van der Waals surface area contributed by atoms with Crippen molar-refractivity contribution in [1.29, 1.82) is 0 Å². The van der Waals surface area contributed by atoms with Gasteiger partial charge in [-0.05, 0) is 53.4 Å². The maximum absolute atomic E-state index is 13.4. The van der Waals surface area contributed by atoms with Gasteiger partial charge in [-0.1, -0.05) is 83.1 Å².